The van der Waals surface area contributed by atoms with E-state index >= 15 is 0 Å². The molecule has 0 spiro atoms. The van der Waals surface area contributed by atoms with E-state index in [1.54, 1.807) is 19.3 Å². The number of hydrogen-bond donors (Lipinski definition) is 2. The molecule has 7 nitrogen and oxygen atoms in total. The quantitative estimate of drug-likeness (QED) is 0.674. The fourth-order valence-electron chi connectivity index (χ4n) is 2.23. The van der Waals surface area contributed by atoms with Crippen molar-refractivity contribution in [3.05, 3.63) is 70.9 Å². The number of carbonyl (C=O) groups is 1. The number of nitrogens with one attached hydrogen (secondary N) is 1. The van der Waals surface area contributed by atoms with E-state index in [0.29, 0.717) is 17.7 Å². The maximum atomic E-state index is 11.3. The number of carbonyl (C=O) groups excluding carboxylic acids is 1. The van der Waals surface area contributed by atoms with Crippen LogP contribution in [0.3, 0.4) is 0 Å². The second kappa shape index (κ2) is 7.01. The van der Waals surface area contributed by atoms with Gasteiger partial charge in [-0.15, -0.1) is 10.2 Å². The van der Waals surface area contributed by atoms with Gasteiger partial charge in [0.15, 0.2) is 5.78 Å². The molecule has 3 rings (SSSR count). The average Bonchev–Trinajstić information content (AvgIpc) is 3.25. The number of H-pyrrole nitrogens is 1. The van der Waals surface area contributed by atoms with Crippen LogP contribution >= 0.6 is 0 Å². The Bertz CT molecular complexity index is 835. The summed E-state index contributed by atoms with van der Waals surface area (Å²) in [4.78, 5) is 11.3. The molecule has 0 amide bonds. The Morgan fingerprint density at radius 1 is 1.33 bits per heavy atom. The van der Waals surface area contributed by atoms with Crippen molar-refractivity contribution in [3.8, 4) is 0 Å². The fraction of sp³-hybridized carbons (Fsp3) is 0.176. The summed E-state index contributed by atoms with van der Waals surface area (Å²) in [7, 11) is 0. The molecule has 2 N–H and O–H groups in total. The summed E-state index contributed by atoms with van der Waals surface area (Å²) in [6.45, 7) is 1.55. The van der Waals surface area contributed by atoms with Gasteiger partial charge in [0.05, 0.1) is 6.26 Å². The molecule has 1 atom stereocenters. The normalized spacial score (nSPS) is 12.6. The number of Topliss-reactive ketones (excluding diaryl/α,β-unsaturated/α-hetero) is 1. The van der Waals surface area contributed by atoms with Gasteiger partial charge in [0.2, 0.25) is 5.82 Å². The lowest BCUT2D eigenvalue weighted by Crippen LogP contribution is -1.95. The van der Waals surface area contributed by atoms with E-state index in [-0.39, 0.29) is 11.6 Å². The molecule has 0 bridgehead atoms. The Morgan fingerprint density at radius 3 is 2.79 bits per heavy atom. The number of benzene rings is 1. The molecule has 2 heterocycles. The number of ketones is 1. The molecule has 1 aromatic carbocycles. The van der Waals surface area contributed by atoms with Crippen molar-refractivity contribution < 1.29 is 14.3 Å². The summed E-state index contributed by atoms with van der Waals surface area (Å²) in [6, 6.07) is 9.39. The lowest BCUT2D eigenvalue weighted by Gasteiger charge is -2.00. The van der Waals surface area contributed by atoms with E-state index in [9.17, 15) is 9.90 Å². The molecule has 24 heavy (non-hydrogen) atoms. The fourth-order valence-corrected chi connectivity index (χ4v) is 2.23. The van der Waals surface area contributed by atoms with E-state index in [0.717, 1.165) is 11.1 Å². The minimum Gasteiger partial charge on any atom is -0.465 e. The molecule has 0 saturated carbocycles. The molecule has 0 aliphatic rings. The number of rotatable bonds is 6. The van der Waals surface area contributed by atoms with Gasteiger partial charge in [0.1, 0.15) is 11.9 Å². The van der Waals surface area contributed by atoms with Crippen LogP contribution in [0.25, 0.3) is 6.08 Å². The van der Waals surface area contributed by atoms with Crippen LogP contribution in [0.1, 0.15) is 46.1 Å². The van der Waals surface area contributed by atoms with E-state index < -0.39 is 6.10 Å². The Labute approximate surface area is 138 Å². The van der Waals surface area contributed by atoms with Crippen molar-refractivity contribution >= 4 is 11.9 Å². The molecule has 3 aromatic rings. The van der Waals surface area contributed by atoms with E-state index in [1.807, 2.05) is 30.3 Å². The van der Waals surface area contributed by atoms with Gasteiger partial charge >= 0.3 is 0 Å². The first kappa shape index (κ1) is 15.8. The van der Waals surface area contributed by atoms with Crippen LogP contribution < -0.4 is 0 Å². The molecule has 0 aliphatic carbocycles. The maximum absolute atomic E-state index is 11.3. The van der Waals surface area contributed by atoms with E-state index in [1.165, 1.54) is 6.08 Å². The van der Waals surface area contributed by atoms with E-state index in [4.69, 9.17) is 4.42 Å². The van der Waals surface area contributed by atoms with Gasteiger partial charge in [-0.3, -0.25) is 4.79 Å². The largest absolute Gasteiger partial charge is 0.465 e. The zero-order valence-corrected chi connectivity index (χ0v) is 13.0. The number of aliphatic hydroxyl groups excluding tert-OH is 1. The zero-order valence-electron chi connectivity index (χ0n) is 13.0. The van der Waals surface area contributed by atoms with Crippen molar-refractivity contribution in [2.75, 3.05) is 0 Å². The zero-order chi connectivity index (χ0) is 16.9. The highest BCUT2D eigenvalue weighted by Gasteiger charge is 2.08. The Kier molecular flexibility index (Phi) is 4.62. The summed E-state index contributed by atoms with van der Waals surface area (Å²) in [5.41, 5.74) is 2.78. The van der Waals surface area contributed by atoms with Crippen LogP contribution in [0, 0.1) is 0 Å². The van der Waals surface area contributed by atoms with Crippen LogP contribution in [-0.2, 0) is 6.42 Å². The van der Waals surface area contributed by atoms with Crippen LogP contribution in [0.15, 0.2) is 47.1 Å². The Hall–Kier alpha value is -3.06. The second-order valence-corrected chi connectivity index (χ2v) is 5.36. The van der Waals surface area contributed by atoms with Crippen LogP contribution in [0.4, 0.5) is 0 Å². The molecular weight excluding hydrogens is 308 g/mol. The summed E-state index contributed by atoms with van der Waals surface area (Å²) in [5, 5.41) is 22.9. The summed E-state index contributed by atoms with van der Waals surface area (Å²) < 4.78 is 5.45. The summed E-state index contributed by atoms with van der Waals surface area (Å²) in [5.74, 6) is 0.869. The number of nitrogens with zero attached hydrogens (tertiary/aromatic N) is 3. The number of tetrazole rings is 1. The van der Waals surface area contributed by atoms with Gasteiger partial charge in [0, 0.05) is 12.0 Å². The maximum Gasteiger partial charge on any atom is 0.206 e. The van der Waals surface area contributed by atoms with Crippen molar-refractivity contribution in [1.82, 2.24) is 20.6 Å². The van der Waals surface area contributed by atoms with Crippen LogP contribution in [-0.4, -0.2) is 31.5 Å². The highest BCUT2D eigenvalue weighted by atomic mass is 16.3. The van der Waals surface area contributed by atoms with Crippen molar-refractivity contribution in [2.24, 2.45) is 0 Å². The third-order valence-electron chi connectivity index (χ3n) is 3.51. The molecule has 0 fully saturated rings. The number of aromatic amines is 1. The van der Waals surface area contributed by atoms with Crippen molar-refractivity contribution in [1.29, 1.82) is 0 Å². The molecule has 1 unspecified atom stereocenters. The number of aromatic nitrogens is 4. The molecule has 0 aliphatic heterocycles. The van der Waals surface area contributed by atoms with Gasteiger partial charge in [-0.1, -0.05) is 29.5 Å². The Morgan fingerprint density at radius 2 is 2.12 bits per heavy atom. The third kappa shape index (κ3) is 3.82. The van der Waals surface area contributed by atoms with Gasteiger partial charge in [-0.05, 0) is 36.3 Å². The molecule has 0 radical (unpaired) electrons. The van der Waals surface area contributed by atoms with Gasteiger partial charge < -0.3 is 9.52 Å². The summed E-state index contributed by atoms with van der Waals surface area (Å²) >= 11 is 0. The number of furan rings is 1. The smallest absolute Gasteiger partial charge is 0.206 e. The lowest BCUT2D eigenvalue weighted by molar-refractivity contribution is 0.101. The topological polar surface area (TPSA) is 105 Å². The minimum atomic E-state index is -0.948. The Balaban J connectivity index is 1.64. The van der Waals surface area contributed by atoms with Crippen molar-refractivity contribution in [3.63, 3.8) is 0 Å². The molecular formula is C17H16N4O3. The monoisotopic (exact) mass is 324 g/mol. The first-order valence-corrected chi connectivity index (χ1v) is 7.39. The van der Waals surface area contributed by atoms with Crippen LogP contribution in [0.2, 0.25) is 0 Å². The highest BCUT2D eigenvalue weighted by molar-refractivity contribution is 5.94. The molecule has 2 aromatic heterocycles. The molecule has 122 valence electrons. The number of aliphatic hydroxyl groups is 1. The van der Waals surface area contributed by atoms with Gasteiger partial charge in [-0.2, -0.15) is 5.21 Å². The van der Waals surface area contributed by atoms with Gasteiger partial charge in [-0.25, -0.2) is 0 Å². The second-order valence-electron chi connectivity index (χ2n) is 5.36. The molecule has 0 saturated heterocycles. The first-order chi connectivity index (χ1) is 11.6. The summed E-state index contributed by atoms with van der Waals surface area (Å²) in [6.07, 6.45) is 4.59. The first-order valence-electron chi connectivity index (χ1n) is 7.39. The average molecular weight is 324 g/mol. The van der Waals surface area contributed by atoms with Crippen LogP contribution in [0.5, 0.6) is 0 Å². The predicted octanol–water partition coefficient (Wildman–Crippen LogP) is 2.33. The standard InChI is InChI=1S/C17H16N4O3/c1-11(22)14-4-2-12(3-5-14)8-13-9-15(24-10-13)6-7-16(23)17-18-20-21-19-17/h2-7,9-10,16,23H,8H2,1H3,(H,18,19,20,21). The number of hydrogen-bond acceptors (Lipinski definition) is 6. The van der Waals surface area contributed by atoms with E-state index in [2.05, 4.69) is 20.6 Å². The minimum absolute atomic E-state index is 0.0532. The van der Waals surface area contributed by atoms with Gasteiger partial charge in [0.25, 0.3) is 0 Å². The predicted molar refractivity (Wildman–Crippen MR) is 86.1 cm³/mol. The lowest BCUT2D eigenvalue weighted by atomic mass is 10.0. The SMILES string of the molecule is CC(=O)c1ccc(Cc2coc(C=CC(O)c3nn[nH]n3)c2)cc1. The molecule has 7 heteroatoms. The highest BCUT2D eigenvalue weighted by Crippen LogP contribution is 2.17. The van der Waals surface area contributed by atoms with Crippen molar-refractivity contribution in [2.45, 2.75) is 19.4 Å². The third-order valence-corrected chi connectivity index (χ3v) is 3.51.